The van der Waals surface area contributed by atoms with Gasteiger partial charge in [0.25, 0.3) is 0 Å². The minimum absolute atomic E-state index is 0.0431. The molecule has 0 amide bonds. The average molecular weight is 258 g/mol. The summed E-state index contributed by atoms with van der Waals surface area (Å²) in [6.07, 6.45) is 0.950. The number of para-hydroxylation sites is 1. The molecule has 2 atom stereocenters. The lowest BCUT2D eigenvalue weighted by Gasteiger charge is -2.20. The molecule has 1 aromatic carbocycles. The van der Waals surface area contributed by atoms with Gasteiger partial charge in [-0.25, -0.2) is 0 Å². The van der Waals surface area contributed by atoms with Crippen molar-refractivity contribution in [3.63, 3.8) is 0 Å². The highest BCUT2D eigenvalue weighted by Gasteiger charge is 2.17. The molecule has 3 heteroatoms. The molecule has 0 saturated heterocycles. The molecular formula is C16H22N2O. The Labute approximate surface area is 114 Å². The topological polar surface area (TPSA) is 48.1 Å². The second-order valence-electron chi connectivity index (χ2n) is 5.17. The van der Waals surface area contributed by atoms with Crippen molar-refractivity contribution in [3.05, 3.63) is 41.6 Å². The first-order chi connectivity index (χ1) is 9.13. The third-order valence-corrected chi connectivity index (χ3v) is 3.67. The van der Waals surface area contributed by atoms with Gasteiger partial charge >= 0.3 is 0 Å². The van der Waals surface area contributed by atoms with Crippen molar-refractivity contribution < 1.29 is 4.74 Å². The Morgan fingerprint density at radius 3 is 2.79 bits per heavy atom. The zero-order chi connectivity index (χ0) is 13.8. The molecule has 2 unspecified atom stereocenters. The van der Waals surface area contributed by atoms with E-state index in [4.69, 9.17) is 15.5 Å². The summed E-state index contributed by atoms with van der Waals surface area (Å²) in [5.74, 6) is 0.355. The molecule has 1 aromatic heterocycles. The Kier molecular flexibility index (Phi) is 4.51. The molecule has 0 fully saturated rings. The fourth-order valence-electron chi connectivity index (χ4n) is 2.32. The molecule has 2 N–H and O–H groups in total. The van der Waals surface area contributed by atoms with Crippen LogP contribution in [0.5, 0.6) is 0 Å². The molecule has 2 rings (SSSR count). The van der Waals surface area contributed by atoms with Crippen LogP contribution in [0.2, 0.25) is 0 Å². The summed E-state index contributed by atoms with van der Waals surface area (Å²) in [5.41, 5.74) is 9.54. The maximum atomic E-state index is 6.32. The molecule has 0 aliphatic carbocycles. The standard InChI is InChI=1S/C16H22N2O/c1-11(8-9-19-3)16(17)15-10-12(2)13-6-4-5-7-14(13)18-15/h4-7,10-11,16H,8-9,17H2,1-3H3. The number of nitrogens with zero attached hydrogens (tertiary/aromatic N) is 1. The minimum atomic E-state index is -0.0431. The molecule has 0 saturated carbocycles. The molecule has 3 nitrogen and oxygen atoms in total. The second-order valence-corrected chi connectivity index (χ2v) is 5.17. The van der Waals surface area contributed by atoms with Crippen molar-refractivity contribution in [2.45, 2.75) is 26.3 Å². The largest absolute Gasteiger partial charge is 0.385 e. The van der Waals surface area contributed by atoms with Crippen molar-refractivity contribution >= 4 is 10.9 Å². The molecule has 0 aliphatic rings. The van der Waals surface area contributed by atoms with Crippen LogP contribution in [-0.2, 0) is 4.74 Å². The van der Waals surface area contributed by atoms with Crippen LogP contribution < -0.4 is 5.73 Å². The highest BCUT2D eigenvalue weighted by atomic mass is 16.5. The van der Waals surface area contributed by atoms with Crippen LogP contribution in [0, 0.1) is 12.8 Å². The Bertz CT molecular complexity index is 553. The molecule has 1 heterocycles. The molecule has 0 aliphatic heterocycles. The number of methoxy groups -OCH3 is 1. The first-order valence-electron chi connectivity index (χ1n) is 6.74. The Morgan fingerprint density at radius 2 is 2.05 bits per heavy atom. The number of pyridine rings is 1. The van der Waals surface area contributed by atoms with E-state index in [0.29, 0.717) is 5.92 Å². The first-order valence-corrected chi connectivity index (χ1v) is 6.74. The van der Waals surface area contributed by atoms with Gasteiger partial charge in [0.05, 0.1) is 11.2 Å². The van der Waals surface area contributed by atoms with Gasteiger partial charge in [-0.3, -0.25) is 4.98 Å². The lowest BCUT2D eigenvalue weighted by atomic mass is 9.95. The lowest BCUT2D eigenvalue weighted by molar-refractivity contribution is 0.174. The van der Waals surface area contributed by atoms with Gasteiger partial charge < -0.3 is 10.5 Å². The first kappa shape index (κ1) is 14.0. The van der Waals surface area contributed by atoms with Crippen molar-refractivity contribution in [1.29, 1.82) is 0 Å². The number of hydrogen-bond acceptors (Lipinski definition) is 3. The van der Waals surface area contributed by atoms with Crippen molar-refractivity contribution in [2.24, 2.45) is 11.7 Å². The van der Waals surface area contributed by atoms with Gasteiger partial charge in [0.1, 0.15) is 0 Å². The van der Waals surface area contributed by atoms with Gasteiger partial charge in [0.2, 0.25) is 0 Å². The van der Waals surface area contributed by atoms with E-state index in [1.165, 1.54) is 10.9 Å². The smallest absolute Gasteiger partial charge is 0.0708 e. The summed E-state index contributed by atoms with van der Waals surface area (Å²) in [5, 5.41) is 1.20. The summed E-state index contributed by atoms with van der Waals surface area (Å²) in [6, 6.07) is 10.3. The summed E-state index contributed by atoms with van der Waals surface area (Å²) in [6.45, 7) is 5.00. The van der Waals surface area contributed by atoms with Gasteiger partial charge in [0.15, 0.2) is 0 Å². The van der Waals surface area contributed by atoms with Gasteiger partial charge in [-0.05, 0) is 37.0 Å². The molecule has 2 aromatic rings. The lowest BCUT2D eigenvalue weighted by Crippen LogP contribution is -2.21. The van der Waals surface area contributed by atoms with Crippen LogP contribution in [0.4, 0.5) is 0 Å². The number of fused-ring (bicyclic) bond motifs is 1. The van der Waals surface area contributed by atoms with Crippen LogP contribution in [0.1, 0.15) is 30.6 Å². The third-order valence-electron chi connectivity index (χ3n) is 3.67. The number of aryl methyl sites for hydroxylation is 1. The molecule has 0 bridgehead atoms. The van der Waals surface area contributed by atoms with E-state index in [1.54, 1.807) is 7.11 Å². The highest BCUT2D eigenvalue weighted by Crippen LogP contribution is 2.25. The van der Waals surface area contributed by atoms with Crippen LogP contribution in [0.3, 0.4) is 0 Å². The molecule has 102 valence electrons. The van der Waals surface area contributed by atoms with E-state index in [1.807, 2.05) is 18.2 Å². The zero-order valence-corrected chi connectivity index (χ0v) is 11.9. The van der Waals surface area contributed by atoms with Crippen LogP contribution in [0.15, 0.2) is 30.3 Å². The van der Waals surface area contributed by atoms with Crippen LogP contribution in [0.25, 0.3) is 10.9 Å². The third kappa shape index (κ3) is 3.11. The summed E-state index contributed by atoms with van der Waals surface area (Å²) >= 11 is 0. The van der Waals surface area contributed by atoms with Crippen LogP contribution in [-0.4, -0.2) is 18.7 Å². The number of rotatable bonds is 5. The number of hydrogen-bond donors (Lipinski definition) is 1. The van der Waals surface area contributed by atoms with Gasteiger partial charge in [-0.2, -0.15) is 0 Å². The monoisotopic (exact) mass is 258 g/mol. The Balaban J connectivity index is 2.29. The van der Waals surface area contributed by atoms with Crippen LogP contribution >= 0.6 is 0 Å². The molecule has 0 radical (unpaired) electrons. The predicted octanol–water partition coefficient (Wildman–Crippen LogP) is 3.22. The number of aromatic nitrogens is 1. The normalized spacial score (nSPS) is 14.5. The van der Waals surface area contributed by atoms with E-state index in [9.17, 15) is 0 Å². The fraction of sp³-hybridized carbons (Fsp3) is 0.438. The molecule has 19 heavy (non-hydrogen) atoms. The second kappa shape index (κ2) is 6.13. The van der Waals surface area contributed by atoms with E-state index in [2.05, 4.69) is 26.0 Å². The SMILES string of the molecule is COCCC(C)C(N)c1cc(C)c2ccccc2n1. The fourth-order valence-corrected chi connectivity index (χ4v) is 2.32. The Morgan fingerprint density at radius 1 is 1.32 bits per heavy atom. The van der Waals surface area contributed by atoms with E-state index in [-0.39, 0.29) is 6.04 Å². The van der Waals surface area contributed by atoms with Crippen molar-refractivity contribution in [1.82, 2.24) is 4.98 Å². The Hall–Kier alpha value is -1.45. The summed E-state index contributed by atoms with van der Waals surface area (Å²) < 4.78 is 5.12. The van der Waals surface area contributed by atoms with Crippen molar-refractivity contribution in [2.75, 3.05) is 13.7 Å². The maximum Gasteiger partial charge on any atom is 0.0708 e. The van der Waals surface area contributed by atoms with Gasteiger partial charge in [-0.15, -0.1) is 0 Å². The molecular weight excluding hydrogens is 236 g/mol. The van der Waals surface area contributed by atoms with E-state index >= 15 is 0 Å². The van der Waals surface area contributed by atoms with E-state index < -0.39 is 0 Å². The van der Waals surface area contributed by atoms with Crippen molar-refractivity contribution in [3.8, 4) is 0 Å². The summed E-state index contributed by atoms with van der Waals surface area (Å²) in [7, 11) is 1.72. The van der Waals surface area contributed by atoms with E-state index in [0.717, 1.165) is 24.2 Å². The highest BCUT2D eigenvalue weighted by molar-refractivity contribution is 5.82. The predicted molar refractivity (Wildman–Crippen MR) is 79.1 cm³/mol. The maximum absolute atomic E-state index is 6.32. The summed E-state index contributed by atoms with van der Waals surface area (Å²) in [4.78, 5) is 4.70. The van der Waals surface area contributed by atoms with Gasteiger partial charge in [0, 0.05) is 25.1 Å². The number of nitrogens with two attached hydrogens (primary N) is 1. The number of benzene rings is 1. The zero-order valence-electron chi connectivity index (χ0n) is 11.9. The quantitative estimate of drug-likeness (QED) is 0.895. The van der Waals surface area contributed by atoms with Gasteiger partial charge in [-0.1, -0.05) is 25.1 Å². The average Bonchev–Trinajstić information content (AvgIpc) is 2.43. The minimum Gasteiger partial charge on any atom is -0.385 e. The number of ether oxygens (including phenoxy) is 1. The molecule has 0 spiro atoms.